The third-order valence-corrected chi connectivity index (χ3v) is 11.0. The van der Waals surface area contributed by atoms with Crippen molar-refractivity contribution < 1.29 is 14.1 Å². The van der Waals surface area contributed by atoms with E-state index < -0.39 is 6.17 Å². The molecule has 12 nitrogen and oxygen atoms in total. The van der Waals surface area contributed by atoms with Gasteiger partial charge in [0.05, 0.1) is 45.2 Å². The summed E-state index contributed by atoms with van der Waals surface area (Å²) < 4.78 is 0.785. The molecule has 4 aromatic heterocycles. The highest BCUT2D eigenvalue weighted by atomic mass is 79.9. The second kappa shape index (κ2) is 14.1. The lowest BCUT2D eigenvalue weighted by Crippen LogP contribution is -2.65. The van der Waals surface area contributed by atoms with Gasteiger partial charge in [-0.25, -0.2) is 34.0 Å². The van der Waals surface area contributed by atoms with Crippen LogP contribution in [0.3, 0.4) is 0 Å². The van der Waals surface area contributed by atoms with Crippen molar-refractivity contribution in [2.45, 2.75) is 6.17 Å². The van der Waals surface area contributed by atoms with E-state index in [-0.39, 0.29) is 23.1 Å². The molecule has 2 aliphatic rings. The lowest BCUT2D eigenvalue weighted by molar-refractivity contribution is -0.860. The first-order valence-electron chi connectivity index (χ1n) is 15.3. The zero-order chi connectivity index (χ0) is 33.1. The van der Waals surface area contributed by atoms with Crippen molar-refractivity contribution >= 4 is 74.2 Å². The fraction of sp³-hybridized carbons (Fsp3) is 0.250. The van der Waals surface area contributed by atoms with Crippen molar-refractivity contribution in [1.82, 2.24) is 35.5 Å². The van der Waals surface area contributed by atoms with Crippen molar-refractivity contribution in [3.63, 3.8) is 0 Å². The summed E-state index contributed by atoms with van der Waals surface area (Å²) in [7, 11) is 0. The molecule has 48 heavy (non-hydrogen) atoms. The lowest BCUT2D eigenvalue weighted by atomic mass is 10.1. The van der Waals surface area contributed by atoms with Crippen LogP contribution in [0, 0.1) is 0 Å². The molecule has 2 atom stereocenters. The van der Waals surface area contributed by atoms with Crippen LogP contribution in [0.5, 0.6) is 0 Å². The minimum absolute atomic E-state index is 0.0190. The van der Waals surface area contributed by atoms with Crippen molar-refractivity contribution in [2.24, 2.45) is 0 Å². The molecule has 2 fully saturated rings. The maximum atomic E-state index is 13.8. The fourth-order valence-corrected chi connectivity index (χ4v) is 8.07. The van der Waals surface area contributed by atoms with Crippen LogP contribution in [0.15, 0.2) is 76.2 Å². The van der Waals surface area contributed by atoms with Crippen LogP contribution in [-0.2, 0) is 0 Å². The maximum Gasteiger partial charge on any atom is 0.418 e. The number of thiophene rings is 2. The fourth-order valence-electron chi connectivity index (χ4n) is 5.96. The van der Waals surface area contributed by atoms with Crippen LogP contribution in [0.25, 0.3) is 32.3 Å². The monoisotopic (exact) mass is 765 g/mol. The number of quaternary nitrogens is 1. The number of anilines is 2. The Bertz CT molecular complexity index is 1910. The molecule has 5 aromatic rings. The van der Waals surface area contributed by atoms with Crippen molar-refractivity contribution in [3.8, 4) is 32.3 Å². The highest BCUT2D eigenvalue weighted by Gasteiger charge is 2.49. The minimum Gasteiger partial charge on any atom is -0.349 e. The van der Waals surface area contributed by atoms with Crippen LogP contribution in [0.4, 0.5) is 21.5 Å². The van der Waals surface area contributed by atoms with E-state index >= 15 is 0 Å². The molecule has 0 aliphatic carbocycles. The number of carbonyl (C=O) groups excluding carboxylic acids is 2. The van der Waals surface area contributed by atoms with Gasteiger partial charge in [-0.1, -0.05) is 35.9 Å². The van der Waals surface area contributed by atoms with Gasteiger partial charge < -0.3 is 20.9 Å². The van der Waals surface area contributed by atoms with E-state index in [1.807, 2.05) is 65.5 Å². The van der Waals surface area contributed by atoms with Gasteiger partial charge >= 0.3 is 12.1 Å². The smallest absolute Gasteiger partial charge is 0.349 e. The summed E-state index contributed by atoms with van der Waals surface area (Å²) in [4.78, 5) is 49.1. The van der Waals surface area contributed by atoms with Crippen LogP contribution >= 0.6 is 50.2 Å². The van der Waals surface area contributed by atoms with Gasteiger partial charge in [0.25, 0.3) is 0 Å². The third kappa shape index (κ3) is 6.73. The summed E-state index contributed by atoms with van der Waals surface area (Å²) in [6.45, 7) is 3.16. The molecule has 7 rings (SSSR count). The number of aromatic nitrogens is 4. The molecule has 0 spiro atoms. The molecule has 6 heterocycles. The molecule has 0 saturated carbocycles. The molecule has 2 unspecified atom stereocenters. The topological polar surface area (TPSA) is 137 Å². The molecular formula is C32H31BrClN10O2S2+. The van der Waals surface area contributed by atoms with Crippen LogP contribution in [0.2, 0.25) is 5.02 Å². The Labute approximate surface area is 298 Å². The lowest BCUT2D eigenvalue weighted by Gasteiger charge is -2.39. The Morgan fingerprint density at radius 1 is 0.938 bits per heavy atom. The van der Waals surface area contributed by atoms with Gasteiger partial charge in [-0.05, 0) is 56.5 Å². The van der Waals surface area contributed by atoms with E-state index in [2.05, 4.69) is 47.2 Å². The summed E-state index contributed by atoms with van der Waals surface area (Å²) in [5.74, 6) is 0.826. The Morgan fingerprint density at radius 2 is 1.67 bits per heavy atom. The second-order valence-electron chi connectivity index (χ2n) is 11.3. The van der Waals surface area contributed by atoms with Crippen molar-refractivity contribution in [1.29, 1.82) is 0 Å². The summed E-state index contributed by atoms with van der Waals surface area (Å²) in [5.41, 5.74) is 3.41. The molecule has 4 amide bonds. The number of halogens is 2. The van der Waals surface area contributed by atoms with Gasteiger partial charge in [-0.3, -0.25) is 5.32 Å². The predicted octanol–water partition coefficient (Wildman–Crippen LogP) is 6.22. The normalized spacial score (nSPS) is 18.1. The molecule has 16 heteroatoms. The van der Waals surface area contributed by atoms with Gasteiger partial charge in [-0.15, -0.1) is 22.7 Å². The molecule has 1 aromatic carbocycles. The summed E-state index contributed by atoms with van der Waals surface area (Å²) in [5, 5.41) is 17.4. The van der Waals surface area contributed by atoms with Crippen molar-refractivity contribution in [2.75, 3.05) is 56.4 Å². The number of carbonyl (C=O) groups is 2. The average Bonchev–Trinajstić information content (AvgIpc) is 3.93. The summed E-state index contributed by atoms with van der Waals surface area (Å²) in [6.07, 6.45) is 2.98. The summed E-state index contributed by atoms with van der Waals surface area (Å²) >= 11 is 12.9. The number of amides is 4. The zero-order valence-electron chi connectivity index (χ0n) is 25.5. The van der Waals surface area contributed by atoms with Gasteiger partial charge in [0, 0.05) is 36.1 Å². The third-order valence-electron chi connectivity index (χ3n) is 8.41. The number of hydrogen-bond acceptors (Lipinski definition) is 10. The van der Waals surface area contributed by atoms with E-state index in [4.69, 9.17) is 21.6 Å². The first-order valence-corrected chi connectivity index (χ1v) is 18.2. The van der Waals surface area contributed by atoms with Gasteiger partial charge in [0.2, 0.25) is 11.9 Å². The van der Waals surface area contributed by atoms with E-state index in [9.17, 15) is 9.59 Å². The standard InChI is InChI=1S/C32H30BrClN10O2S2/c33-23-18-39-30(42-28(23)25-4-2-16-48-25)40-26(19-43-12-9-36-31(43)45)44(14-11-37-32(44)46)13-10-35-29-38-17-22(20-5-7-21(34)8-6-20)27(41-29)24-3-1-15-47-24/h1-8,15-18,26H,9-14,19H2,(H3-,35,36,37,38,39,40,41,42,45,46)/p+1. The average molecular weight is 767 g/mol. The van der Waals surface area contributed by atoms with E-state index in [0.29, 0.717) is 56.2 Å². The molecule has 4 N–H and O–H groups in total. The Morgan fingerprint density at radius 3 is 2.33 bits per heavy atom. The largest absolute Gasteiger partial charge is 0.418 e. The van der Waals surface area contributed by atoms with Gasteiger partial charge in [0.15, 0.2) is 6.17 Å². The highest BCUT2D eigenvalue weighted by molar-refractivity contribution is 9.10. The number of nitrogens with zero attached hydrogens (tertiary/aromatic N) is 6. The van der Waals surface area contributed by atoms with E-state index in [1.165, 1.54) is 0 Å². The number of hydrogen-bond donors (Lipinski definition) is 4. The van der Waals surface area contributed by atoms with Crippen molar-refractivity contribution in [3.05, 3.63) is 81.2 Å². The van der Waals surface area contributed by atoms with E-state index in [0.717, 1.165) is 36.7 Å². The quantitative estimate of drug-likeness (QED) is 0.110. The molecule has 0 radical (unpaired) electrons. The molecule has 246 valence electrons. The molecule has 2 saturated heterocycles. The second-order valence-corrected chi connectivity index (χ2v) is 14.5. The molecule has 2 aliphatic heterocycles. The van der Waals surface area contributed by atoms with E-state index in [1.54, 1.807) is 33.8 Å². The van der Waals surface area contributed by atoms with Gasteiger partial charge in [-0.2, -0.15) is 0 Å². The predicted molar refractivity (Wildman–Crippen MR) is 193 cm³/mol. The first-order chi connectivity index (χ1) is 23.4. The minimum atomic E-state index is -0.537. The Hall–Kier alpha value is -4.15. The van der Waals surface area contributed by atoms with Gasteiger partial charge in [0.1, 0.15) is 13.1 Å². The van der Waals surface area contributed by atoms with Crippen LogP contribution in [-0.4, -0.2) is 93.4 Å². The first kappa shape index (κ1) is 32.4. The molecular weight excluding hydrogens is 736 g/mol. The Balaban J connectivity index is 1.16. The highest BCUT2D eigenvalue weighted by Crippen LogP contribution is 2.34. The number of nitrogens with one attached hydrogen (secondary N) is 4. The summed E-state index contributed by atoms with van der Waals surface area (Å²) in [6, 6.07) is 15.3. The zero-order valence-corrected chi connectivity index (χ0v) is 29.5. The van der Waals surface area contributed by atoms with Crippen LogP contribution in [0.1, 0.15) is 0 Å². The molecule has 0 bridgehead atoms. The Kier molecular flexibility index (Phi) is 9.55. The van der Waals surface area contributed by atoms with Crippen LogP contribution < -0.4 is 21.3 Å². The number of benzene rings is 1. The number of rotatable bonds is 12. The number of urea groups is 2. The SMILES string of the molecule is O=C1NCCN1CC(Nc1ncc(Br)c(-c2cccs2)n1)[N+]1(CCNc2ncc(-c3ccc(Cl)cc3)c(-c3cccs3)n2)CCNC1=O. The maximum absolute atomic E-state index is 13.8.